The second kappa shape index (κ2) is 7.47. The topological polar surface area (TPSA) is 64.9 Å². The highest BCUT2D eigenvalue weighted by Gasteiger charge is 2.13. The van der Waals surface area contributed by atoms with E-state index in [0.717, 1.165) is 6.07 Å². The zero-order valence-electron chi connectivity index (χ0n) is 12.4. The first-order valence-corrected chi connectivity index (χ1v) is 6.98. The SMILES string of the molecule is C[C@H](NCC(=O)Nc1ccccc1C#N)c1ccc(F)cc1F. The fourth-order valence-corrected chi connectivity index (χ4v) is 2.09. The molecule has 0 saturated carbocycles. The molecule has 23 heavy (non-hydrogen) atoms. The van der Waals surface area contributed by atoms with Gasteiger partial charge in [-0.15, -0.1) is 0 Å². The smallest absolute Gasteiger partial charge is 0.238 e. The van der Waals surface area contributed by atoms with Gasteiger partial charge in [0.05, 0.1) is 17.8 Å². The number of anilines is 1. The van der Waals surface area contributed by atoms with E-state index >= 15 is 0 Å². The van der Waals surface area contributed by atoms with Gasteiger partial charge in [-0.3, -0.25) is 4.79 Å². The van der Waals surface area contributed by atoms with Gasteiger partial charge in [-0.1, -0.05) is 18.2 Å². The van der Waals surface area contributed by atoms with Crippen LogP contribution in [0.4, 0.5) is 14.5 Å². The molecule has 0 bridgehead atoms. The standard InChI is InChI=1S/C17H15F2N3O/c1-11(14-7-6-13(18)8-15(14)19)21-10-17(23)22-16-5-3-2-4-12(16)9-20/h2-8,11,21H,10H2,1H3,(H,22,23)/t11-/m0/s1. The van der Waals surface area contributed by atoms with Gasteiger partial charge in [0.1, 0.15) is 17.7 Å². The molecule has 6 heteroatoms. The molecule has 2 N–H and O–H groups in total. The monoisotopic (exact) mass is 315 g/mol. The summed E-state index contributed by atoms with van der Waals surface area (Å²) >= 11 is 0. The van der Waals surface area contributed by atoms with Crippen LogP contribution in [-0.4, -0.2) is 12.5 Å². The number of rotatable bonds is 5. The Morgan fingerprint density at radius 3 is 2.70 bits per heavy atom. The summed E-state index contributed by atoms with van der Waals surface area (Å²) in [5.41, 5.74) is 1.05. The van der Waals surface area contributed by atoms with E-state index in [1.54, 1.807) is 31.2 Å². The molecule has 2 rings (SSSR count). The lowest BCUT2D eigenvalue weighted by Crippen LogP contribution is -2.30. The number of benzene rings is 2. The Hall–Kier alpha value is -2.78. The fraction of sp³-hybridized carbons (Fsp3) is 0.176. The van der Waals surface area contributed by atoms with Crippen LogP contribution < -0.4 is 10.6 Å². The van der Waals surface area contributed by atoms with Crippen molar-refractivity contribution in [3.63, 3.8) is 0 Å². The summed E-state index contributed by atoms with van der Waals surface area (Å²) in [6, 6.07) is 11.5. The molecule has 2 aromatic rings. The van der Waals surface area contributed by atoms with E-state index in [9.17, 15) is 13.6 Å². The Labute approximate surface area is 132 Å². The molecule has 1 atom stereocenters. The lowest BCUT2D eigenvalue weighted by molar-refractivity contribution is -0.115. The van der Waals surface area contributed by atoms with E-state index in [-0.39, 0.29) is 18.0 Å². The number of halogens is 2. The predicted octanol–water partition coefficient (Wildman–Crippen LogP) is 3.13. The van der Waals surface area contributed by atoms with Gasteiger partial charge >= 0.3 is 0 Å². The van der Waals surface area contributed by atoms with Crippen molar-refractivity contribution in [1.82, 2.24) is 5.32 Å². The minimum absolute atomic E-state index is 0.0717. The summed E-state index contributed by atoms with van der Waals surface area (Å²) in [5.74, 6) is -1.67. The summed E-state index contributed by atoms with van der Waals surface area (Å²) in [4.78, 5) is 11.9. The van der Waals surface area contributed by atoms with Crippen LogP contribution in [0.5, 0.6) is 0 Å². The molecule has 0 radical (unpaired) electrons. The number of para-hydroxylation sites is 1. The van der Waals surface area contributed by atoms with Gasteiger partial charge in [0, 0.05) is 17.7 Å². The highest BCUT2D eigenvalue weighted by Crippen LogP contribution is 2.17. The number of amides is 1. The van der Waals surface area contributed by atoms with E-state index in [0.29, 0.717) is 11.3 Å². The van der Waals surface area contributed by atoms with E-state index in [1.165, 1.54) is 12.1 Å². The third-order valence-electron chi connectivity index (χ3n) is 3.32. The second-order valence-corrected chi connectivity index (χ2v) is 4.97. The minimum atomic E-state index is -0.666. The molecule has 1 amide bonds. The minimum Gasteiger partial charge on any atom is -0.324 e. The van der Waals surface area contributed by atoms with Crippen molar-refractivity contribution < 1.29 is 13.6 Å². The lowest BCUT2D eigenvalue weighted by Gasteiger charge is -2.15. The molecule has 118 valence electrons. The van der Waals surface area contributed by atoms with Gasteiger partial charge in [0.2, 0.25) is 5.91 Å². The Balaban J connectivity index is 1.95. The van der Waals surface area contributed by atoms with E-state index < -0.39 is 17.7 Å². The summed E-state index contributed by atoms with van der Waals surface area (Å²) in [5, 5.41) is 14.4. The highest BCUT2D eigenvalue weighted by atomic mass is 19.1. The number of nitriles is 1. The zero-order chi connectivity index (χ0) is 16.8. The summed E-state index contributed by atoms with van der Waals surface area (Å²) in [7, 11) is 0. The molecule has 0 spiro atoms. The third kappa shape index (κ3) is 4.34. The van der Waals surface area contributed by atoms with Crippen molar-refractivity contribution in [2.75, 3.05) is 11.9 Å². The van der Waals surface area contributed by atoms with Crippen LogP contribution in [0, 0.1) is 23.0 Å². The molecule has 0 fully saturated rings. The third-order valence-corrected chi connectivity index (χ3v) is 3.32. The van der Waals surface area contributed by atoms with E-state index in [4.69, 9.17) is 5.26 Å². The molecule has 0 unspecified atom stereocenters. The molecular weight excluding hydrogens is 300 g/mol. The van der Waals surface area contributed by atoms with Crippen molar-refractivity contribution in [3.05, 3.63) is 65.2 Å². The van der Waals surface area contributed by atoms with Gasteiger partial charge in [0.15, 0.2) is 0 Å². The van der Waals surface area contributed by atoms with Crippen LogP contribution in [-0.2, 0) is 4.79 Å². The van der Waals surface area contributed by atoms with Crippen LogP contribution >= 0.6 is 0 Å². The van der Waals surface area contributed by atoms with E-state index in [2.05, 4.69) is 10.6 Å². The van der Waals surface area contributed by atoms with Gasteiger partial charge in [-0.05, 0) is 25.1 Å². The average Bonchev–Trinajstić information content (AvgIpc) is 2.53. The lowest BCUT2D eigenvalue weighted by atomic mass is 10.1. The van der Waals surface area contributed by atoms with Crippen molar-refractivity contribution in [2.45, 2.75) is 13.0 Å². The normalized spacial score (nSPS) is 11.6. The molecule has 0 aromatic heterocycles. The molecule has 0 heterocycles. The first kappa shape index (κ1) is 16.6. The number of carbonyl (C=O) groups is 1. The zero-order valence-corrected chi connectivity index (χ0v) is 12.4. The van der Waals surface area contributed by atoms with Crippen molar-refractivity contribution in [2.24, 2.45) is 0 Å². The first-order chi connectivity index (χ1) is 11.0. The van der Waals surface area contributed by atoms with Crippen LogP contribution in [0.2, 0.25) is 0 Å². The molecule has 4 nitrogen and oxygen atoms in total. The largest absolute Gasteiger partial charge is 0.324 e. The molecule has 2 aromatic carbocycles. The van der Waals surface area contributed by atoms with Gasteiger partial charge < -0.3 is 10.6 Å². The Kier molecular flexibility index (Phi) is 5.39. The number of carbonyl (C=O) groups excluding carboxylic acids is 1. The van der Waals surface area contributed by atoms with Crippen LogP contribution in [0.1, 0.15) is 24.1 Å². The van der Waals surface area contributed by atoms with Crippen molar-refractivity contribution >= 4 is 11.6 Å². The van der Waals surface area contributed by atoms with E-state index in [1.807, 2.05) is 6.07 Å². The average molecular weight is 315 g/mol. The molecule has 0 aliphatic heterocycles. The highest BCUT2D eigenvalue weighted by molar-refractivity contribution is 5.93. The maximum atomic E-state index is 13.7. The van der Waals surface area contributed by atoms with Gasteiger partial charge in [0.25, 0.3) is 0 Å². The number of hydrogen-bond donors (Lipinski definition) is 2. The Morgan fingerprint density at radius 2 is 2.00 bits per heavy atom. The number of nitrogens with zero attached hydrogens (tertiary/aromatic N) is 1. The molecule has 0 saturated heterocycles. The van der Waals surface area contributed by atoms with Gasteiger partial charge in [-0.2, -0.15) is 5.26 Å². The molecular formula is C17H15F2N3O. The Morgan fingerprint density at radius 1 is 1.26 bits per heavy atom. The summed E-state index contributed by atoms with van der Waals surface area (Å²) < 4.78 is 26.5. The Bertz CT molecular complexity index is 756. The summed E-state index contributed by atoms with van der Waals surface area (Å²) in [6.45, 7) is 1.60. The van der Waals surface area contributed by atoms with Crippen LogP contribution in [0.25, 0.3) is 0 Å². The summed E-state index contributed by atoms with van der Waals surface area (Å²) in [6.07, 6.45) is 0. The maximum Gasteiger partial charge on any atom is 0.238 e. The van der Waals surface area contributed by atoms with Crippen molar-refractivity contribution in [3.8, 4) is 6.07 Å². The van der Waals surface area contributed by atoms with Crippen LogP contribution in [0.15, 0.2) is 42.5 Å². The fourth-order valence-electron chi connectivity index (χ4n) is 2.09. The molecule has 0 aliphatic carbocycles. The predicted molar refractivity (Wildman–Crippen MR) is 82.6 cm³/mol. The second-order valence-electron chi connectivity index (χ2n) is 4.97. The first-order valence-electron chi connectivity index (χ1n) is 6.98. The van der Waals surface area contributed by atoms with Gasteiger partial charge in [-0.25, -0.2) is 8.78 Å². The van der Waals surface area contributed by atoms with Crippen LogP contribution in [0.3, 0.4) is 0 Å². The number of nitrogens with one attached hydrogen (secondary N) is 2. The quantitative estimate of drug-likeness (QED) is 0.891. The maximum absolute atomic E-state index is 13.7. The molecule has 0 aliphatic rings. The van der Waals surface area contributed by atoms with Crippen molar-refractivity contribution in [1.29, 1.82) is 5.26 Å². The number of hydrogen-bond acceptors (Lipinski definition) is 3.